The molecule has 0 amide bonds. The van der Waals surface area contributed by atoms with Crippen molar-refractivity contribution >= 4 is 15.9 Å². The summed E-state index contributed by atoms with van der Waals surface area (Å²) >= 11 is 3.49. The smallest absolute Gasteiger partial charge is 0.0644 e. The number of rotatable bonds is 7. The molecule has 0 aliphatic rings. The molecule has 0 aromatic rings. The van der Waals surface area contributed by atoms with Gasteiger partial charge in [0.1, 0.15) is 0 Å². The van der Waals surface area contributed by atoms with E-state index in [1.54, 1.807) is 6.08 Å². The number of halogens is 1. The van der Waals surface area contributed by atoms with Crippen molar-refractivity contribution in [1.29, 1.82) is 0 Å². The molecule has 0 rings (SSSR count). The Hall–Kier alpha value is 0.180. The van der Waals surface area contributed by atoms with E-state index in [1.807, 2.05) is 0 Å². The third kappa shape index (κ3) is 6.86. The molecule has 0 fully saturated rings. The zero-order chi connectivity index (χ0) is 9.40. The first-order valence-corrected chi connectivity index (χ1v) is 5.57. The van der Waals surface area contributed by atoms with Gasteiger partial charge in [-0.05, 0) is 18.3 Å². The topological polar surface area (TPSA) is 9.23 Å². The van der Waals surface area contributed by atoms with Gasteiger partial charge in [0.05, 0.1) is 13.2 Å². The van der Waals surface area contributed by atoms with E-state index in [9.17, 15) is 0 Å². The maximum atomic E-state index is 5.39. The fraction of sp³-hybridized carbons (Fsp3) is 0.800. The highest BCUT2D eigenvalue weighted by Crippen LogP contribution is 2.14. The Morgan fingerprint density at radius 1 is 1.50 bits per heavy atom. The van der Waals surface area contributed by atoms with Gasteiger partial charge in [0.2, 0.25) is 0 Å². The summed E-state index contributed by atoms with van der Waals surface area (Å²) in [4.78, 5) is 0. The quantitative estimate of drug-likeness (QED) is 0.374. The SMILES string of the molecule is C=CCOCC(CBr)CC(C)C. The predicted octanol–water partition coefficient (Wildman–Crippen LogP) is 3.25. The van der Waals surface area contributed by atoms with Crippen molar-refractivity contribution < 1.29 is 4.74 Å². The lowest BCUT2D eigenvalue weighted by Crippen LogP contribution is -2.13. The van der Waals surface area contributed by atoms with Crippen LogP contribution in [0.25, 0.3) is 0 Å². The van der Waals surface area contributed by atoms with Gasteiger partial charge in [0.25, 0.3) is 0 Å². The van der Waals surface area contributed by atoms with Gasteiger partial charge in [-0.15, -0.1) is 6.58 Å². The van der Waals surface area contributed by atoms with E-state index in [0.717, 1.165) is 17.9 Å². The van der Waals surface area contributed by atoms with Gasteiger partial charge in [-0.1, -0.05) is 35.9 Å². The highest BCUT2D eigenvalue weighted by atomic mass is 79.9. The van der Waals surface area contributed by atoms with E-state index in [0.29, 0.717) is 12.5 Å². The predicted molar refractivity (Wildman–Crippen MR) is 57.8 cm³/mol. The fourth-order valence-electron chi connectivity index (χ4n) is 1.16. The molecule has 1 atom stereocenters. The second-order valence-corrected chi connectivity index (χ2v) is 4.12. The Labute approximate surface area is 84.3 Å². The van der Waals surface area contributed by atoms with Gasteiger partial charge < -0.3 is 4.74 Å². The monoisotopic (exact) mass is 234 g/mol. The molecule has 0 aliphatic carbocycles. The molecule has 1 unspecified atom stereocenters. The molecular formula is C10H19BrO. The van der Waals surface area contributed by atoms with Crippen molar-refractivity contribution in [3.63, 3.8) is 0 Å². The molecule has 0 aromatic heterocycles. The van der Waals surface area contributed by atoms with Crippen molar-refractivity contribution in [3.05, 3.63) is 12.7 Å². The molecule has 0 bridgehead atoms. The number of hydrogen-bond donors (Lipinski definition) is 0. The first kappa shape index (κ1) is 12.2. The molecule has 0 N–H and O–H groups in total. The summed E-state index contributed by atoms with van der Waals surface area (Å²) < 4.78 is 5.39. The maximum absolute atomic E-state index is 5.39. The Bertz CT molecular complexity index is 112. The molecule has 0 heterocycles. The standard InChI is InChI=1S/C10H19BrO/c1-4-5-12-8-10(7-11)6-9(2)3/h4,9-10H,1,5-8H2,2-3H3. The van der Waals surface area contributed by atoms with Gasteiger partial charge in [-0.25, -0.2) is 0 Å². The van der Waals surface area contributed by atoms with Crippen LogP contribution in [0.5, 0.6) is 0 Å². The summed E-state index contributed by atoms with van der Waals surface area (Å²) in [5.41, 5.74) is 0. The molecule has 0 radical (unpaired) electrons. The van der Waals surface area contributed by atoms with Crippen LogP contribution in [-0.4, -0.2) is 18.5 Å². The molecule has 1 nitrogen and oxygen atoms in total. The maximum Gasteiger partial charge on any atom is 0.0644 e. The minimum Gasteiger partial charge on any atom is -0.377 e. The number of ether oxygens (including phenoxy) is 1. The summed E-state index contributed by atoms with van der Waals surface area (Å²) in [5, 5.41) is 1.03. The Morgan fingerprint density at radius 2 is 2.17 bits per heavy atom. The first-order valence-electron chi connectivity index (χ1n) is 4.45. The fourth-order valence-corrected chi connectivity index (χ4v) is 1.61. The summed E-state index contributed by atoms with van der Waals surface area (Å²) in [6, 6.07) is 0. The Kier molecular flexibility index (Phi) is 7.93. The zero-order valence-corrected chi connectivity index (χ0v) is 9.64. The van der Waals surface area contributed by atoms with Crippen LogP contribution in [0, 0.1) is 11.8 Å². The van der Waals surface area contributed by atoms with Crippen molar-refractivity contribution in [2.75, 3.05) is 18.5 Å². The van der Waals surface area contributed by atoms with Crippen LogP contribution < -0.4 is 0 Å². The van der Waals surface area contributed by atoms with E-state index in [1.165, 1.54) is 6.42 Å². The van der Waals surface area contributed by atoms with E-state index in [-0.39, 0.29) is 0 Å². The Morgan fingerprint density at radius 3 is 2.58 bits per heavy atom. The van der Waals surface area contributed by atoms with Gasteiger partial charge >= 0.3 is 0 Å². The van der Waals surface area contributed by atoms with Crippen molar-refractivity contribution in [3.8, 4) is 0 Å². The molecule has 0 saturated carbocycles. The lowest BCUT2D eigenvalue weighted by atomic mass is 10.00. The van der Waals surface area contributed by atoms with Crippen LogP contribution in [0.15, 0.2) is 12.7 Å². The molecular weight excluding hydrogens is 216 g/mol. The minimum atomic E-state index is 0.643. The molecule has 0 aromatic carbocycles. The van der Waals surface area contributed by atoms with Crippen LogP contribution in [0.2, 0.25) is 0 Å². The van der Waals surface area contributed by atoms with E-state index >= 15 is 0 Å². The molecule has 12 heavy (non-hydrogen) atoms. The second kappa shape index (κ2) is 7.81. The van der Waals surface area contributed by atoms with E-state index in [4.69, 9.17) is 4.74 Å². The van der Waals surface area contributed by atoms with Gasteiger partial charge in [0.15, 0.2) is 0 Å². The summed E-state index contributed by atoms with van der Waals surface area (Å²) in [7, 11) is 0. The largest absolute Gasteiger partial charge is 0.377 e. The molecule has 72 valence electrons. The minimum absolute atomic E-state index is 0.643. The summed E-state index contributed by atoms with van der Waals surface area (Å²) in [6.07, 6.45) is 3.02. The normalized spacial score (nSPS) is 13.3. The number of hydrogen-bond acceptors (Lipinski definition) is 1. The van der Waals surface area contributed by atoms with E-state index in [2.05, 4.69) is 36.4 Å². The zero-order valence-electron chi connectivity index (χ0n) is 8.05. The van der Waals surface area contributed by atoms with Crippen molar-refractivity contribution in [2.24, 2.45) is 11.8 Å². The molecule has 0 aliphatic heterocycles. The first-order chi connectivity index (χ1) is 5.70. The third-order valence-electron chi connectivity index (χ3n) is 1.61. The van der Waals surface area contributed by atoms with E-state index < -0.39 is 0 Å². The average Bonchev–Trinajstić information content (AvgIpc) is 2.02. The highest BCUT2D eigenvalue weighted by molar-refractivity contribution is 9.09. The van der Waals surface area contributed by atoms with Crippen molar-refractivity contribution in [1.82, 2.24) is 0 Å². The van der Waals surface area contributed by atoms with Crippen LogP contribution in [0.1, 0.15) is 20.3 Å². The van der Waals surface area contributed by atoms with Crippen molar-refractivity contribution in [2.45, 2.75) is 20.3 Å². The molecule has 2 heteroatoms. The summed E-state index contributed by atoms with van der Waals surface area (Å²) in [5.74, 6) is 1.39. The molecule has 0 saturated heterocycles. The van der Waals surface area contributed by atoms with Crippen LogP contribution >= 0.6 is 15.9 Å². The lowest BCUT2D eigenvalue weighted by molar-refractivity contribution is 0.122. The van der Waals surface area contributed by atoms with Crippen LogP contribution in [-0.2, 0) is 4.74 Å². The van der Waals surface area contributed by atoms with Gasteiger partial charge in [-0.3, -0.25) is 0 Å². The van der Waals surface area contributed by atoms with Gasteiger partial charge in [0, 0.05) is 5.33 Å². The van der Waals surface area contributed by atoms with Gasteiger partial charge in [-0.2, -0.15) is 0 Å². The highest BCUT2D eigenvalue weighted by Gasteiger charge is 2.08. The average molecular weight is 235 g/mol. The second-order valence-electron chi connectivity index (χ2n) is 3.48. The van der Waals surface area contributed by atoms with Crippen LogP contribution in [0.3, 0.4) is 0 Å². The Balaban J connectivity index is 3.45. The summed E-state index contributed by atoms with van der Waals surface area (Å²) in [6.45, 7) is 9.60. The molecule has 0 spiro atoms. The number of alkyl halides is 1. The lowest BCUT2D eigenvalue weighted by Gasteiger charge is -2.15. The van der Waals surface area contributed by atoms with Crippen LogP contribution in [0.4, 0.5) is 0 Å². The third-order valence-corrected chi connectivity index (χ3v) is 2.53.